The Balaban J connectivity index is 1.86. The quantitative estimate of drug-likeness (QED) is 0.0999. The van der Waals surface area contributed by atoms with E-state index in [4.69, 9.17) is 0 Å². The Bertz CT molecular complexity index is 1960. The lowest BCUT2D eigenvalue weighted by molar-refractivity contribution is 0.730. The monoisotopic (exact) mass is 604 g/mol. The van der Waals surface area contributed by atoms with Crippen molar-refractivity contribution in [1.82, 2.24) is 9.97 Å². The standard InChI is InChI=1S/C40H40N2Si2/c1-39(2,3)43(7,8)23-13-11-19-31-33-25-29-17-15-22-42-38(29)28-36(33)32(20-12-14-24-44(9,10)40(4,5)6)34-26-30-18-16-21-41-37(30)27-35(31)34/h15-18,21-22,25-28H,1-10H3. The Labute approximate surface area is 265 Å². The molecule has 2 aromatic heterocycles. The molecule has 4 heteroatoms. The third-order valence-electron chi connectivity index (χ3n) is 9.56. The van der Waals surface area contributed by atoms with Gasteiger partial charge in [0.25, 0.3) is 0 Å². The van der Waals surface area contributed by atoms with Gasteiger partial charge in [0, 0.05) is 45.1 Å². The van der Waals surface area contributed by atoms with Crippen molar-refractivity contribution in [2.24, 2.45) is 0 Å². The van der Waals surface area contributed by atoms with Crippen molar-refractivity contribution in [3.63, 3.8) is 0 Å². The zero-order valence-corrected chi connectivity index (χ0v) is 29.7. The molecule has 5 aromatic rings. The number of pyridine rings is 2. The first-order valence-corrected chi connectivity index (χ1v) is 21.2. The van der Waals surface area contributed by atoms with Gasteiger partial charge in [-0.25, -0.2) is 0 Å². The second-order valence-corrected chi connectivity index (χ2v) is 24.7. The molecule has 218 valence electrons. The Morgan fingerprint density at radius 1 is 0.523 bits per heavy atom. The Morgan fingerprint density at radius 2 is 0.886 bits per heavy atom. The minimum absolute atomic E-state index is 0.172. The van der Waals surface area contributed by atoms with Gasteiger partial charge in [-0.3, -0.25) is 9.97 Å². The predicted octanol–water partition coefficient (Wildman–Crippen LogP) is 9.89. The fourth-order valence-electron chi connectivity index (χ4n) is 4.57. The molecule has 0 fully saturated rings. The Hall–Kier alpha value is -4.33. The lowest BCUT2D eigenvalue weighted by Gasteiger charge is -2.31. The molecular formula is C40H40N2Si2. The van der Waals surface area contributed by atoms with Gasteiger partial charge in [0.15, 0.2) is 0 Å². The zero-order chi connectivity index (χ0) is 31.9. The Morgan fingerprint density at radius 3 is 1.25 bits per heavy atom. The summed E-state index contributed by atoms with van der Waals surface area (Å²) in [6, 6.07) is 16.8. The molecule has 0 N–H and O–H groups in total. The molecule has 0 aliphatic carbocycles. The number of hydrogen-bond donors (Lipinski definition) is 0. The van der Waals surface area contributed by atoms with Crippen LogP contribution in [0, 0.1) is 46.6 Å². The maximum absolute atomic E-state index is 4.68. The fraction of sp³-hybridized carbons (Fsp3) is 0.300. The van der Waals surface area contributed by atoms with Gasteiger partial charge < -0.3 is 0 Å². The van der Waals surface area contributed by atoms with Gasteiger partial charge >= 0.3 is 0 Å². The minimum atomic E-state index is -1.79. The summed E-state index contributed by atoms with van der Waals surface area (Å²) in [6.45, 7) is 22.9. The molecule has 0 aliphatic rings. The predicted molar refractivity (Wildman–Crippen MR) is 196 cm³/mol. The van der Waals surface area contributed by atoms with Crippen molar-refractivity contribution in [2.45, 2.75) is 77.8 Å². The summed E-state index contributed by atoms with van der Waals surface area (Å²) in [5.74, 6) is 20.0. The summed E-state index contributed by atoms with van der Waals surface area (Å²) in [5.41, 5.74) is 10.8. The molecule has 5 rings (SSSR count). The van der Waals surface area contributed by atoms with Crippen molar-refractivity contribution in [3.05, 3.63) is 72.1 Å². The molecule has 3 aromatic carbocycles. The molecule has 0 saturated heterocycles. The van der Waals surface area contributed by atoms with Crippen molar-refractivity contribution >= 4 is 59.5 Å². The highest BCUT2D eigenvalue weighted by Crippen LogP contribution is 2.38. The molecule has 0 atom stereocenters. The normalized spacial score (nSPS) is 12.0. The molecule has 2 heterocycles. The summed E-state index contributed by atoms with van der Waals surface area (Å²) in [7, 11) is -3.57. The summed E-state index contributed by atoms with van der Waals surface area (Å²) in [5, 5.41) is 6.59. The van der Waals surface area contributed by atoms with Crippen LogP contribution >= 0.6 is 0 Å². The van der Waals surface area contributed by atoms with Gasteiger partial charge in [0.05, 0.1) is 11.0 Å². The van der Waals surface area contributed by atoms with E-state index >= 15 is 0 Å². The number of benzene rings is 3. The first-order chi connectivity index (χ1) is 20.6. The molecule has 0 bridgehead atoms. The third-order valence-corrected chi connectivity index (χ3v) is 18.6. The number of nitrogens with zero attached hydrogens (tertiary/aromatic N) is 2. The van der Waals surface area contributed by atoms with Crippen LogP contribution in [0.3, 0.4) is 0 Å². The molecule has 0 saturated carbocycles. The summed E-state index contributed by atoms with van der Waals surface area (Å²) < 4.78 is 0. The van der Waals surface area contributed by atoms with E-state index < -0.39 is 16.1 Å². The number of fused-ring (bicyclic) bond motifs is 4. The SMILES string of the molecule is CC(C)(C)[Si](C)(C)C#CC#Cc1c2cc3cccnc3cc2c(C#CC#C[Si](C)(C)C(C)(C)C)c2cc3cccnc3cc12. The summed E-state index contributed by atoms with van der Waals surface area (Å²) >= 11 is 0. The topological polar surface area (TPSA) is 25.8 Å². The van der Waals surface area contributed by atoms with Crippen LogP contribution in [0.15, 0.2) is 60.9 Å². The van der Waals surface area contributed by atoms with Gasteiger partial charge in [-0.1, -0.05) is 91.7 Å². The summed E-state index contributed by atoms with van der Waals surface area (Å²) in [4.78, 5) is 9.36. The van der Waals surface area contributed by atoms with Crippen LogP contribution in [0.1, 0.15) is 52.7 Å². The molecule has 0 spiro atoms. The highest BCUT2D eigenvalue weighted by molar-refractivity contribution is 6.88. The molecule has 0 radical (unpaired) electrons. The van der Waals surface area contributed by atoms with E-state index in [-0.39, 0.29) is 10.1 Å². The average Bonchev–Trinajstić information content (AvgIpc) is 2.95. The van der Waals surface area contributed by atoms with Crippen molar-refractivity contribution < 1.29 is 0 Å². The minimum Gasteiger partial charge on any atom is -0.256 e. The van der Waals surface area contributed by atoms with E-state index in [0.29, 0.717) is 0 Å². The van der Waals surface area contributed by atoms with Gasteiger partial charge in [0.2, 0.25) is 0 Å². The number of aromatic nitrogens is 2. The lowest BCUT2D eigenvalue weighted by Crippen LogP contribution is -2.35. The average molecular weight is 605 g/mol. The molecular weight excluding hydrogens is 565 g/mol. The molecule has 0 amide bonds. The molecule has 2 nitrogen and oxygen atoms in total. The Kier molecular flexibility index (Phi) is 7.99. The van der Waals surface area contributed by atoms with Crippen LogP contribution in [0.2, 0.25) is 36.3 Å². The van der Waals surface area contributed by atoms with Gasteiger partial charge in [-0.2, -0.15) is 0 Å². The second-order valence-electron chi connectivity index (χ2n) is 14.7. The van der Waals surface area contributed by atoms with E-state index in [1.54, 1.807) is 0 Å². The maximum atomic E-state index is 4.68. The molecule has 44 heavy (non-hydrogen) atoms. The van der Waals surface area contributed by atoms with Crippen molar-refractivity contribution in [2.75, 3.05) is 0 Å². The van der Waals surface area contributed by atoms with Crippen LogP contribution < -0.4 is 0 Å². The van der Waals surface area contributed by atoms with E-state index in [1.165, 1.54) is 0 Å². The van der Waals surface area contributed by atoms with Crippen LogP contribution in [0.25, 0.3) is 43.4 Å². The van der Waals surface area contributed by atoms with Crippen molar-refractivity contribution in [3.8, 4) is 46.6 Å². The van der Waals surface area contributed by atoms with E-state index in [1.807, 2.05) is 24.5 Å². The van der Waals surface area contributed by atoms with E-state index in [0.717, 1.165) is 54.5 Å². The number of hydrogen-bond acceptors (Lipinski definition) is 2. The maximum Gasteiger partial charge on any atom is 0.139 e. The first-order valence-electron chi connectivity index (χ1n) is 15.2. The largest absolute Gasteiger partial charge is 0.256 e. The summed E-state index contributed by atoms with van der Waals surface area (Å²) in [6.07, 6.45) is 3.67. The van der Waals surface area contributed by atoms with Crippen LogP contribution in [0.4, 0.5) is 0 Å². The van der Waals surface area contributed by atoms with Crippen LogP contribution in [0.5, 0.6) is 0 Å². The van der Waals surface area contributed by atoms with Crippen LogP contribution in [-0.4, -0.2) is 26.1 Å². The lowest BCUT2D eigenvalue weighted by atomic mass is 9.90. The van der Waals surface area contributed by atoms with Gasteiger partial charge in [-0.15, -0.1) is 11.1 Å². The van der Waals surface area contributed by atoms with Crippen LogP contribution in [-0.2, 0) is 0 Å². The second kappa shape index (κ2) is 11.3. The fourth-order valence-corrected chi connectivity index (χ4v) is 6.07. The number of rotatable bonds is 0. The molecule has 0 aliphatic heterocycles. The van der Waals surface area contributed by atoms with E-state index in [9.17, 15) is 0 Å². The van der Waals surface area contributed by atoms with Gasteiger partial charge in [-0.05, 0) is 80.9 Å². The molecule has 0 unspecified atom stereocenters. The van der Waals surface area contributed by atoms with Gasteiger partial charge in [0.1, 0.15) is 16.1 Å². The highest BCUT2D eigenvalue weighted by atomic mass is 28.3. The smallest absolute Gasteiger partial charge is 0.139 e. The highest BCUT2D eigenvalue weighted by Gasteiger charge is 2.34. The van der Waals surface area contributed by atoms with E-state index in [2.05, 4.69) is 161 Å². The van der Waals surface area contributed by atoms with Crippen molar-refractivity contribution in [1.29, 1.82) is 0 Å². The first kappa shape index (κ1) is 31.1. The third kappa shape index (κ3) is 6.03. The zero-order valence-electron chi connectivity index (χ0n) is 27.7.